The fourth-order valence-corrected chi connectivity index (χ4v) is 4.91. The highest BCUT2D eigenvalue weighted by Gasteiger charge is 2.26. The fraction of sp³-hybridized carbons (Fsp3) is 0.292. The highest BCUT2D eigenvalue weighted by Crippen LogP contribution is 2.32. The SMILES string of the molecule is O=C(NCc1ccc2c(c1)OCO2)C1CCN(c2ccc(Sc3ccc(Br)cc3)nn2)CC1. The van der Waals surface area contributed by atoms with E-state index in [2.05, 4.69) is 36.3 Å². The van der Waals surface area contributed by atoms with Crippen molar-refractivity contribution in [2.24, 2.45) is 5.92 Å². The smallest absolute Gasteiger partial charge is 0.231 e. The van der Waals surface area contributed by atoms with E-state index in [1.54, 1.807) is 11.8 Å². The quantitative estimate of drug-likeness (QED) is 0.500. The number of aromatic nitrogens is 2. The molecule has 1 aromatic heterocycles. The molecule has 1 saturated heterocycles. The molecular weight excluding hydrogens is 504 g/mol. The first-order valence-electron chi connectivity index (χ1n) is 10.8. The summed E-state index contributed by atoms with van der Waals surface area (Å²) in [6, 6.07) is 17.9. The Kier molecular flexibility index (Phi) is 6.68. The van der Waals surface area contributed by atoms with Crippen LogP contribution in [-0.4, -0.2) is 36.0 Å². The van der Waals surface area contributed by atoms with E-state index in [4.69, 9.17) is 9.47 Å². The molecule has 0 aliphatic carbocycles. The number of halogens is 1. The van der Waals surface area contributed by atoms with Crippen LogP contribution in [0.4, 0.5) is 5.82 Å². The number of benzene rings is 2. The third-order valence-corrected chi connectivity index (χ3v) is 7.22. The van der Waals surface area contributed by atoms with E-state index in [0.29, 0.717) is 6.54 Å². The molecule has 5 rings (SSSR count). The maximum absolute atomic E-state index is 12.7. The monoisotopic (exact) mass is 526 g/mol. The molecule has 0 saturated carbocycles. The normalized spacial score (nSPS) is 15.5. The molecule has 1 fully saturated rings. The lowest BCUT2D eigenvalue weighted by molar-refractivity contribution is -0.125. The predicted octanol–water partition coefficient (Wildman–Crippen LogP) is 4.65. The van der Waals surface area contributed by atoms with Gasteiger partial charge >= 0.3 is 0 Å². The van der Waals surface area contributed by atoms with Gasteiger partial charge in [-0.15, -0.1) is 10.2 Å². The maximum atomic E-state index is 12.7. The number of rotatable bonds is 6. The Hall–Kier alpha value is -2.78. The first-order chi connectivity index (χ1) is 16.1. The summed E-state index contributed by atoms with van der Waals surface area (Å²) in [5.41, 5.74) is 1.00. The second-order valence-electron chi connectivity index (χ2n) is 7.95. The third-order valence-electron chi connectivity index (χ3n) is 5.76. The number of fused-ring (bicyclic) bond motifs is 1. The number of anilines is 1. The van der Waals surface area contributed by atoms with Crippen LogP contribution in [-0.2, 0) is 11.3 Å². The zero-order valence-electron chi connectivity index (χ0n) is 17.9. The van der Waals surface area contributed by atoms with E-state index in [1.807, 2.05) is 54.6 Å². The van der Waals surface area contributed by atoms with Crippen molar-refractivity contribution < 1.29 is 14.3 Å². The molecule has 0 spiro atoms. The highest BCUT2D eigenvalue weighted by atomic mass is 79.9. The van der Waals surface area contributed by atoms with Gasteiger partial charge in [0, 0.05) is 34.9 Å². The first kappa shape index (κ1) is 22.0. The van der Waals surface area contributed by atoms with Crippen LogP contribution in [0.2, 0.25) is 0 Å². The molecule has 1 amide bonds. The lowest BCUT2D eigenvalue weighted by Crippen LogP contribution is -2.40. The number of nitrogens with zero attached hydrogens (tertiary/aromatic N) is 3. The Bertz CT molecular complexity index is 1120. The molecule has 0 radical (unpaired) electrons. The number of piperidine rings is 1. The van der Waals surface area contributed by atoms with E-state index in [1.165, 1.54) is 0 Å². The van der Waals surface area contributed by atoms with Crippen LogP contribution in [0.1, 0.15) is 18.4 Å². The summed E-state index contributed by atoms with van der Waals surface area (Å²) >= 11 is 5.04. The summed E-state index contributed by atoms with van der Waals surface area (Å²) in [6.45, 7) is 2.31. The van der Waals surface area contributed by atoms with Crippen LogP contribution >= 0.6 is 27.7 Å². The third kappa shape index (κ3) is 5.42. The van der Waals surface area contributed by atoms with Gasteiger partial charge in [0.2, 0.25) is 12.7 Å². The maximum Gasteiger partial charge on any atom is 0.231 e. The summed E-state index contributed by atoms with van der Waals surface area (Å²) in [7, 11) is 0. The molecule has 3 heterocycles. The van der Waals surface area contributed by atoms with Gasteiger partial charge in [0.05, 0.1) is 0 Å². The Morgan fingerprint density at radius 1 is 1.03 bits per heavy atom. The van der Waals surface area contributed by atoms with Gasteiger partial charge in [-0.05, 0) is 66.9 Å². The van der Waals surface area contributed by atoms with Gasteiger partial charge in [0.15, 0.2) is 17.3 Å². The number of hydrogen-bond acceptors (Lipinski definition) is 7. The molecule has 2 aliphatic rings. The molecule has 3 aromatic rings. The van der Waals surface area contributed by atoms with E-state index in [0.717, 1.165) is 63.2 Å². The molecule has 0 atom stereocenters. The molecule has 33 heavy (non-hydrogen) atoms. The van der Waals surface area contributed by atoms with E-state index in [-0.39, 0.29) is 18.6 Å². The molecule has 7 nitrogen and oxygen atoms in total. The van der Waals surface area contributed by atoms with Gasteiger partial charge in [0.25, 0.3) is 0 Å². The molecule has 0 bridgehead atoms. The van der Waals surface area contributed by atoms with Crippen molar-refractivity contribution in [3.8, 4) is 11.5 Å². The predicted molar refractivity (Wildman–Crippen MR) is 130 cm³/mol. The van der Waals surface area contributed by atoms with Gasteiger partial charge in [-0.25, -0.2) is 0 Å². The van der Waals surface area contributed by atoms with Crippen molar-refractivity contribution in [1.29, 1.82) is 0 Å². The van der Waals surface area contributed by atoms with Gasteiger partial charge in [-0.1, -0.05) is 33.8 Å². The van der Waals surface area contributed by atoms with Crippen molar-refractivity contribution >= 4 is 39.4 Å². The number of amides is 1. The summed E-state index contributed by atoms with van der Waals surface area (Å²) < 4.78 is 11.8. The van der Waals surface area contributed by atoms with Crippen LogP contribution in [0, 0.1) is 5.92 Å². The Morgan fingerprint density at radius 3 is 2.58 bits per heavy atom. The Balaban J connectivity index is 1.10. The summed E-state index contributed by atoms with van der Waals surface area (Å²) in [5.74, 6) is 2.45. The lowest BCUT2D eigenvalue weighted by Gasteiger charge is -2.31. The zero-order valence-corrected chi connectivity index (χ0v) is 20.3. The van der Waals surface area contributed by atoms with Crippen molar-refractivity contribution in [3.63, 3.8) is 0 Å². The van der Waals surface area contributed by atoms with Crippen molar-refractivity contribution in [3.05, 3.63) is 64.6 Å². The van der Waals surface area contributed by atoms with Crippen LogP contribution < -0.4 is 19.7 Å². The largest absolute Gasteiger partial charge is 0.454 e. The highest BCUT2D eigenvalue weighted by molar-refractivity contribution is 9.10. The average Bonchev–Trinajstić information content (AvgIpc) is 3.33. The van der Waals surface area contributed by atoms with Crippen molar-refractivity contribution in [2.45, 2.75) is 29.3 Å². The van der Waals surface area contributed by atoms with Gasteiger partial charge in [0.1, 0.15) is 5.03 Å². The minimum Gasteiger partial charge on any atom is -0.454 e. The van der Waals surface area contributed by atoms with Gasteiger partial charge in [-0.2, -0.15) is 0 Å². The van der Waals surface area contributed by atoms with E-state index < -0.39 is 0 Å². The summed E-state index contributed by atoms with van der Waals surface area (Å²) in [6.07, 6.45) is 1.59. The van der Waals surface area contributed by atoms with Gasteiger partial charge < -0.3 is 19.7 Å². The van der Waals surface area contributed by atoms with Crippen molar-refractivity contribution in [1.82, 2.24) is 15.5 Å². The van der Waals surface area contributed by atoms with Crippen LogP contribution in [0.15, 0.2) is 69.0 Å². The number of hydrogen-bond donors (Lipinski definition) is 1. The minimum atomic E-state index is 0.00968. The molecule has 1 N–H and O–H groups in total. The molecule has 2 aromatic carbocycles. The lowest BCUT2D eigenvalue weighted by atomic mass is 9.96. The number of carbonyl (C=O) groups is 1. The molecule has 0 unspecified atom stereocenters. The van der Waals surface area contributed by atoms with Crippen LogP contribution in [0.25, 0.3) is 0 Å². The summed E-state index contributed by atoms with van der Waals surface area (Å²) in [4.78, 5) is 16.0. The Labute approximate surface area is 205 Å². The zero-order chi connectivity index (χ0) is 22.6. The second kappa shape index (κ2) is 10.0. The Morgan fingerprint density at radius 2 is 1.82 bits per heavy atom. The van der Waals surface area contributed by atoms with Crippen LogP contribution in [0.3, 0.4) is 0 Å². The number of carbonyl (C=O) groups excluding carboxylic acids is 1. The van der Waals surface area contributed by atoms with Crippen molar-refractivity contribution in [2.75, 3.05) is 24.8 Å². The molecule has 9 heteroatoms. The van der Waals surface area contributed by atoms with E-state index >= 15 is 0 Å². The second-order valence-corrected chi connectivity index (χ2v) is 9.96. The fourth-order valence-electron chi connectivity index (χ4n) is 3.91. The first-order valence-corrected chi connectivity index (χ1v) is 12.4. The average molecular weight is 527 g/mol. The number of ether oxygens (including phenoxy) is 2. The summed E-state index contributed by atoms with van der Waals surface area (Å²) in [5, 5.41) is 12.7. The van der Waals surface area contributed by atoms with E-state index in [9.17, 15) is 4.79 Å². The van der Waals surface area contributed by atoms with Crippen LogP contribution in [0.5, 0.6) is 11.5 Å². The topological polar surface area (TPSA) is 76.6 Å². The molecule has 170 valence electrons. The molecule has 2 aliphatic heterocycles. The molecular formula is C24H23BrN4O3S. The minimum absolute atomic E-state index is 0.00968. The van der Waals surface area contributed by atoms with Gasteiger partial charge in [-0.3, -0.25) is 4.79 Å². The standard InChI is InChI=1S/C24H23BrN4O3S/c25-18-2-4-19(5-3-18)33-23-8-7-22(27-28-23)29-11-9-17(10-12-29)24(30)26-14-16-1-6-20-21(13-16)32-15-31-20/h1-8,13,17H,9-12,14-15H2,(H,26,30). The number of nitrogens with one attached hydrogen (secondary N) is 1.